The lowest BCUT2D eigenvalue weighted by Gasteiger charge is -2.14. The van der Waals surface area contributed by atoms with Crippen LogP contribution in [-0.4, -0.2) is 46.0 Å². The first kappa shape index (κ1) is 13.8. The highest BCUT2D eigenvalue weighted by molar-refractivity contribution is 7.91. The number of carboxylic acid groups (broad SMARTS) is 1. The number of halogens is 3. The van der Waals surface area contributed by atoms with Gasteiger partial charge in [-0.2, -0.15) is 13.2 Å². The largest absolute Gasteiger partial charge is 0.476 e. The molecule has 7 nitrogen and oxygen atoms in total. The first-order chi connectivity index (χ1) is 8.62. The average molecular weight is 299 g/mol. The zero-order valence-corrected chi connectivity index (χ0v) is 10.1. The lowest BCUT2D eigenvalue weighted by molar-refractivity contribution is -0.145. The highest BCUT2D eigenvalue weighted by atomic mass is 32.2. The highest BCUT2D eigenvalue weighted by Gasteiger charge is 2.44. The van der Waals surface area contributed by atoms with Crippen LogP contribution in [0.3, 0.4) is 0 Å². The summed E-state index contributed by atoms with van der Waals surface area (Å²) in [6, 6.07) is -1.04. The molecular weight excluding hydrogens is 291 g/mol. The minimum absolute atomic E-state index is 0.0478. The summed E-state index contributed by atoms with van der Waals surface area (Å²) >= 11 is 0. The van der Waals surface area contributed by atoms with E-state index in [0.29, 0.717) is 4.68 Å². The van der Waals surface area contributed by atoms with Crippen LogP contribution in [-0.2, 0) is 16.0 Å². The van der Waals surface area contributed by atoms with E-state index in [9.17, 15) is 26.4 Å². The van der Waals surface area contributed by atoms with Crippen molar-refractivity contribution in [2.75, 3.05) is 11.5 Å². The van der Waals surface area contributed by atoms with Gasteiger partial charge in [0.05, 0.1) is 17.5 Å². The topological polar surface area (TPSA) is 102 Å². The van der Waals surface area contributed by atoms with Crippen LogP contribution in [0.25, 0.3) is 0 Å². The molecule has 0 spiro atoms. The Morgan fingerprint density at radius 3 is 2.47 bits per heavy atom. The van der Waals surface area contributed by atoms with E-state index in [4.69, 9.17) is 5.11 Å². The van der Waals surface area contributed by atoms with Crippen molar-refractivity contribution in [3.05, 3.63) is 11.4 Å². The van der Waals surface area contributed by atoms with Gasteiger partial charge in [0.15, 0.2) is 15.5 Å². The predicted octanol–water partition coefficient (Wildman–Crippen LogP) is 0.355. The Hall–Kier alpha value is -1.65. The maximum atomic E-state index is 12.8. The predicted molar refractivity (Wildman–Crippen MR) is 54.3 cm³/mol. The van der Waals surface area contributed by atoms with E-state index in [1.807, 2.05) is 0 Å². The van der Waals surface area contributed by atoms with Crippen molar-refractivity contribution in [3.63, 3.8) is 0 Å². The number of nitrogens with zero attached hydrogens (tertiary/aromatic N) is 3. The maximum Gasteiger partial charge on any atom is 0.435 e. The third kappa shape index (κ3) is 2.55. The molecule has 1 saturated heterocycles. The van der Waals surface area contributed by atoms with E-state index < -0.39 is 45.2 Å². The molecule has 1 aliphatic rings. The minimum atomic E-state index is -4.97. The normalized spacial score (nSPS) is 22.6. The van der Waals surface area contributed by atoms with Crippen LogP contribution < -0.4 is 0 Å². The van der Waals surface area contributed by atoms with E-state index in [1.54, 1.807) is 0 Å². The number of rotatable bonds is 2. The van der Waals surface area contributed by atoms with E-state index in [-0.39, 0.29) is 12.2 Å². The smallest absolute Gasteiger partial charge is 0.435 e. The van der Waals surface area contributed by atoms with E-state index >= 15 is 0 Å². The number of hydrogen-bond acceptors (Lipinski definition) is 5. The van der Waals surface area contributed by atoms with E-state index in [2.05, 4.69) is 10.3 Å². The number of alkyl halides is 3. The summed E-state index contributed by atoms with van der Waals surface area (Å²) in [6.45, 7) is 0. The summed E-state index contributed by atoms with van der Waals surface area (Å²) in [5.41, 5.74) is -2.75. The third-order valence-corrected chi connectivity index (χ3v) is 4.47. The fraction of sp³-hybridized carbons (Fsp3) is 0.625. The van der Waals surface area contributed by atoms with Gasteiger partial charge >= 0.3 is 12.1 Å². The van der Waals surface area contributed by atoms with Gasteiger partial charge in [0.25, 0.3) is 0 Å². The van der Waals surface area contributed by atoms with Crippen LogP contribution in [0.15, 0.2) is 0 Å². The van der Waals surface area contributed by atoms with Gasteiger partial charge in [-0.15, -0.1) is 5.10 Å². The first-order valence-corrected chi connectivity index (χ1v) is 6.90. The minimum Gasteiger partial charge on any atom is -0.476 e. The van der Waals surface area contributed by atoms with Gasteiger partial charge in [-0.3, -0.25) is 0 Å². The molecule has 1 aromatic heterocycles. The SMILES string of the molecule is O=C(O)c1nnn(C2CCS(=O)(=O)C2)c1C(F)(F)F. The second kappa shape index (κ2) is 4.18. The average Bonchev–Trinajstić information content (AvgIpc) is 2.79. The molecule has 1 aromatic rings. The molecule has 11 heteroatoms. The molecule has 0 aromatic carbocycles. The van der Waals surface area contributed by atoms with Crippen molar-refractivity contribution < 1.29 is 31.5 Å². The zero-order chi connectivity index (χ0) is 14.4. The summed E-state index contributed by atoms with van der Waals surface area (Å²) in [5.74, 6) is -2.62. The number of hydrogen-bond donors (Lipinski definition) is 1. The van der Waals surface area contributed by atoms with Crippen LogP contribution in [0, 0.1) is 0 Å². The molecule has 0 radical (unpaired) electrons. The Bertz CT molecular complexity index is 622. The van der Waals surface area contributed by atoms with E-state index in [1.165, 1.54) is 0 Å². The highest BCUT2D eigenvalue weighted by Crippen LogP contribution is 2.35. The summed E-state index contributed by atoms with van der Waals surface area (Å²) in [5, 5.41) is 14.8. The summed E-state index contributed by atoms with van der Waals surface area (Å²) in [6.07, 6.45) is -5.02. The van der Waals surface area contributed by atoms with Crippen LogP contribution >= 0.6 is 0 Å². The Morgan fingerprint density at radius 1 is 1.42 bits per heavy atom. The fourth-order valence-corrected chi connectivity index (χ4v) is 3.62. The molecule has 2 rings (SSSR count). The molecule has 1 unspecified atom stereocenters. The molecule has 19 heavy (non-hydrogen) atoms. The van der Waals surface area contributed by atoms with Gasteiger partial charge in [0.1, 0.15) is 0 Å². The summed E-state index contributed by atoms with van der Waals surface area (Å²) in [7, 11) is -3.42. The Labute approximate surface area is 104 Å². The van der Waals surface area contributed by atoms with Crippen molar-refractivity contribution in [1.82, 2.24) is 15.0 Å². The summed E-state index contributed by atoms with van der Waals surface area (Å²) in [4.78, 5) is 10.7. The first-order valence-electron chi connectivity index (χ1n) is 5.08. The number of sulfone groups is 1. The van der Waals surface area contributed by atoms with Gasteiger partial charge in [-0.1, -0.05) is 5.21 Å². The second-order valence-electron chi connectivity index (χ2n) is 4.09. The molecule has 0 amide bonds. The number of carboxylic acids is 1. The Kier molecular flexibility index (Phi) is 3.03. The molecule has 1 aliphatic heterocycles. The maximum absolute atomic E-state index is 12.8. The van der Waals surface area contributed by atoms with Crippen molar-refractivity contribution in [3.8, 4) is 0 Å². The molecule has 2 heterocycles. The van der Waals surface area contributed by atoms with Crippen LogP contribution in [0.5, 0.6) is 0 Å². The lowest BCUT2D eigenvalue weighted by Crippen LogP contribution is -2.22. The second-order valence-corrected chi connectivity index (χ2v) is 6.32. The molecule has 1 fully saturated rings. The van der Waals surface area contributed by atoms with Crippen molar-refractivity contribution in [1.29, 1.82) is 0 Å². The molecule has 1 N–H and O–H groups in total. The molecular formula is C8H8F3N3O4S. The molecule has 106 valence electrons. The van der Waals surface area contributed by atoms with Gasteiger partial charge in [0.2, 0.25) is 5.69 Å². The van der Waals surface area contributed by atoms with Crippen molar-refractivity contribution >= 4 is 15.8 Å². The Morgan fingerprint density at radius 2 is 2.05 bits per heavy atom. The molecule has 0 bridgehead atoms. The zero-order valence-electron chi connectivity index (χ0n) is 9.25. The number of carbonyl (C=O) groups is 1. The van der Waals surface area contributed by atoms with Gasteiger partial charge in [-0.25, -0.2) is 17.9 Å². The van der Waals surface area contributed by atoms with E-state index in [0.717, 1.165) is 0 Å². The molecule has 0 saturated carbocycles. The summed E-state index contributed by atoms with van der Waals surface area (Å²) < 4.78 is 61.4. The lowest BCUT2D eigenvalue weighted by atomic mass is 10.2. The molecule has 1 atom stereocenters. The third-order valence-electron chi connectivity index (χ3n) is 2.72. The number of aromatic carboxylic acids is 1. The standard InChI is InChI=1S/C8H8F3N3O4S/c9-8(10,11)6-5(7(15)16)12-13-14(6)4-1-2-19(17,18)3-4/h4H,1-3H2,(H,15,16). The van der Waals surface area contributed by atoms with Crippen molar-refractivity contribution in [2.45, 2.75) is 18.6 Å². The van der Waals surface area contributed by atoms with Crippen LogP contribution in [0.2, 0.25) is 0 Å². The van der Waals surface area contributed by atoms with Gasteiger partial charge in [-0.05, 0) is 6.42 Å². The monoisotopic (exact) mass is 299 g/mol. The van der Waals surface area contributed by atoms with Crippen molar-refractivity contribution in [2.24, 2.45) is 0 Å². The fourth-order valence-electron chi connectivity index (χ4n) is 1.93. The molecule has 0 aliphatic carbocycles. The van der Waals surface area contributed by atoms with Gasteiger partial charge in [0, 0.05) is 0 Å². The quantitative estimate of drug-likeness (QED) is 0.845. The Balaban J connectivity index is 2.51. The van der Waals surface area contributed by atoms with Crippen LogP contribution in [0.4, 0.5) is 13.2 Å². The number of aromatic nitrogens is 3. The van der Waals surface area contributed by atoms with Crippen LogP contribution in [0.1, 0.15) is 28.6 Å². The van der Waals surface area contributed by atoms with Gasteiger partial charge < -0.3 is 5.11 Å².